The maximum absolute atomic E-state index is 12.4. The van der Waals surface area contributed by atoms with E-state index >= 15 is 0 Å². The van der Waals surface area contributed by atoms with E-state index in [1.54, 1.807) is 6.08 Å². The van der Waals surface area contributed by atoms with Gasteiger partial charge in [0.05, 0.1) is 25.4 Å². The molecule has 0 aromatic carbocycles. The van der Waals surface area contributed by atoms with Crippen molar-refractivity contribution >= 4 is 11.9 Å². The number of carbonyl (C=O) groups is 2. The number of unbranched alkanes of at least 4 members (excludes halogenated alkanes) is 42. The van der Waals surface area contributed by atoms with Crippen LogP contribution in [0.2, 0.25) is 0 Å². The Morgan fingerprint density at radius 3 is 1.06 bits per heavy atom. The molecule has 0 rings (SSSR count). The third kappa shape index (κ3) is 55.2. The Kier molecular flexibility index (Phi) is 57.0. The quantitative estimate of drug-likeness (QED) is 0.0321. The van der Waals surface area contributed by atoms with E-state index in [-0.39, 0.29) is 18.5 Å². The van der Waals surface area contributed by atoms with Gasteiger partial charge < -0.3 is 20.3 Å². The maximum atomic E-state index is 12.4. The molecule has 0 aromatic rings. The SMILES string of the molecule is CCCCC/C=C\CCCCCCCC(=O)OCCCCCCCCCCCCCC/C=C\CCCCCCCCCCCCCCCCC(=O)NC(CO)C(O)/C=C/CCCCCCCCCC. The summed E-state index contributed by atoms with van der Waals surface area (Å²) in [4.78, 5) is 24.4. The molecule has 3 N–H and O–H groups in total. The predicted octanol–water partition coefficient (Wildman–Crippen LogP) is 19.2. The molecule has 1 amide bonds. The lowest BCUT2D eigenvalue weighted by atomic mass is 10.0. The fourth-order valence-electron chi connectivity index (χ4n) is 9.39. The fraction of sp³-hybridized carbons (Fsp3) is 0.873. The molecule has 2 atom stereocenters. The van der Waals surface area contributed by atoms with Gasteiger partial charge in [-0.05, 0) is 83.5 Å². The zero-order chi connectivity index (χ0) is 50.0. The van der Waals surface area contributed by atoms with E-state index in [0.29, 0.717) is 19.4 Å². The minimum Gasteiger partial charge on any atom is -0.466 e. The average molecular weight is 971 g/mol. The molecule has 0 aromatic heterocycles. The molecule has 0 spiro atoms. The molecule has 0 bridgehead atoms. The predicted molar refractivity (Wildman–Crippen MR) is 301 cm³/mol. The monoisotopic (exact) mass is 970 g/mol. The van der Waals surface area contributed by atoms with Crippen molar-refractivity contribution in [1.29, 1.82) is 0 Å². The second kappa shape index (κ2) is 58.6. The molecule has 0 radical (unpaired) electrons. The molecule has 0 heterocycles. The van der Waals surface area contributed by atoms with E-state index in [1.807, 2.05) is 6.08 Å². The minimum atomic E-state index is -0.841. The molecular formula is C63H119NO5. The van der Waals surface area contributed by atoms with Gasteiger partial charge >= 0.3 is 5.97 Å². The zero-order valence-electron chi connectivity index (χ0n) is 46.3. The molecule has 0 aliphatic heterocycles. The number of rotatable bonds is 57. The van der Waals surface area contributed by atoms with Gasteiger partial charge in [-0.3, -0.25) is 9.59 Å². The van der Waals surface area contributed by atoms with Crippen LogP contribution in [0.5, 0.6) is 0 Å². The van der Waals surface area contributed by atoms with Crippen LogP contribution in [-0.2, 0) is 14.3 Å². The van der Waals surface area contributed by atoms with E-state index in [0.717, 1.165) is 44.9 Å². The molecule has 0 aliphatic carbocycles. The highest BCUT2D eigenvalue weighted by Crippen LogP contribution is 2.17. The van der Waals surface area contributed by atoms with Gasteiger partial charge in [0, 0.05) is 12.8 Å². The van der Waals surface area contributed by atoms with Gasteiger partial charge in [0.25, 0.3) is 0 Å². The molecule has 0 saturated carbocycles. The van der Waals surface area contributed by atoms with Crippen LogP contribution in [0, 0.1) is 0 Å². The first-order valence-electron chi connectivity index (χ1n) is 30.8. The van der Waals surface area contributed by atoms with Gasteiger partial charge in [0.2, 0.25) is 5.91 Å². The second-order valence-electron chi connectivity index (χ2n) is 21.0. The normalized spacial score (nSPS) is 12.8. The lowest BCUT2D eigenvalue weighted by Gasteiger charge is -2.20. The van der Waals surface area contributed by atoms with Crippen molar-refractivity contribution in [3.63, 3.8) is 0 Å². The van der Waals surface area contributed by atoms with Crippen LogP contribution in [-0.4, -0.2) is 47.4 Å². The van der Waals surface area contributed by atoms with Crippen LogP contribution in [0.1, 0.15) is 328 Å². The summed E-state index contributed by atoms with van der Waals surface area (Å²) in [5.41, 5.74) is 0. The minimum absolute atomic E-state index is 0.00638. The Bertz CT molecular complexity index is 1120. The number of nitrogens with one attached hydrogen (secondary N) is 1. The summed E-state index contributed by atoms with van der Waals surface area (Å²) in [6.45, 7) is 4.87. The number of esters is 1. The highest BCUT2D eigenvalue weighted by molar-refractivity contribution is 5.76. The summed E-state index contributed by atoms with van der Waals surface area (Å²) in [5, 5.41) is 23.0. The third-order valence-electron chi connectivity index (χ3n) is 14.1. The zero-order valence-corrected chi connectivity index (χ0v) is 46.3. The van der Waals surface area contributed by atoms with Gasteiger partial charge in [0.1, 0.15) is 0 Å². The largest absolute Gasteiger partial charge is 0.466 e. The lowest BCUT2D eigenvalue weighted by molar-refractivity contribution is -0.143. The Balaban J connectivity index is 3.36. The standard InChI is InChI=1S/C63H119NO5/c1-3-5-7-9-11-13-15-37-41-45-49-53-57-63(68)69-58-54-50-46-42-38-35-33-31-29-27-25-23-21-19-17-16-18-20-22-24-26-28-30-32-34-36-40-44-48-52-56-62(67)64-60(59-65)61(66)55-51-47-43-39-14-12-10-8-6-4-2/h11,13,17,19,51,55,60-61,65-66H,3-10,12,14-16,18,20-50,52-54,56-59H2,1-2H3,(H,64,67)/b13-11-,19-17-,55-51+. The average Bonchev–Trinajstić information content (AvgIpc) is 3.35. The van der Waals surface area contributed by atoms with Gasteiger partial charge in [-0.2, -0.15) is 0 Å². The first kappa shape index (κ1) is 67.1. The van der Waals surface area contributed by atoms with Crippen molar-refractivity contribution in [2.24, 2.45) is 0 Å². The molecule has 6 heteroatoms. The van der Waals surface area contributed by atoms with E-state index in [1.165, 1.54) is 257 Å². The lowest BCUT2D eigenvalue weighted by Crippen LogP contribution is -2.45. The number of aliphatic hydroxyl groups is 2. The highest BCUT2D eigenvalue weighted by Gasteiger charge is 2.18. The summed E-state index contributed by atoms with van der Waals surface area (Å²) in [6.07, 6.45) is 73.5. The van der Waals surface area contributed by atoms with Crippen molar-refractivity contribution in [2.45, 2.75) is 341 Å². The van der Waals surface area contributed by atoms with Crippen LogP contribution in [0.25, 0.3) is 0 Å². The summed E-state index contributed by atoms with van der Waals surface area (Å²) in [7, 11) is 0. The molecule has 0 aliphatic rings. The third-order valence-corrected chi connectivity index (χ3v) is 14.1. The summed E-state index contributed by atoms with van der Waals surface area (Å²) >= 11 is 0. The van der Waals surface area contributed by atoms with E-state index in [2.05, 4.69) is 43.5 Å². The van der Waals surface area contributed by atoms with Crippen LogP contribution in [0.15, 0.2) is 36.5 Å². The molecule has 406 valence electrons. The number of hydrogen-bond acceptors (Lipinski definition) is 5. The molecule has 0 fully saturated rings. The van der Waals surface area contributed by atoms with Crippen LogP contribution in [0.4, 0.5) is 0 Å². The number of ether oxygens (including phenoxy) is 1. The van der Waals surface area contributed by atoms with Crippen molar-refractivity contribution in [3.8, 4) is 0 Å². The Morgan fingerprint density at radius 2 is 0.681 bits per heavy atom. The van der Waals surface area contributed by atoms with Crippen LogP contribution in [0.3, 0.4) is 0 Å². The maximum Gasteiger partial charge on any atom is 0.305 e. The van der Waals surface area contributed by atoms with E-state index in [9.17, 15) is 19.8 Å². The van der Waals surface area contributed by atoms with Gasteiger partial charge in [-0.15, -0.1) is 0 Å². The number of aliphatic hydroxyl groups excluding tert-OH is 2. The van der Waals surface area contributed by atoms with Crippen LogP contribution >= 0.6 is 0 Å². The summed E-state index contributed by atoms with van der Waals surface area (Å²) in [5.74, 6) is -0.0616. The van der Waals surface area contributed by atoms with E-state index in [4.69, 9.17) is 4.74 Å². The summed E-state index contributed by atoms with van der Waals surface area (Å²) in [6, 6.07) is -0.625. The summed E-state index contributed by atoms with van der Waals surface area (Å²) < 4.78 is 5.47. The number of carbonyl (C=O) groups excluding carboxylic acids is 2. The van der Waals surface area contributed by atoms with Crippen LogP contribution < -0.4 is 5.32 Å². The Labute approximate surface area is 430 Å². The molecule has 6 nitrogen and oxygen atoms in total. The van der Waals surface area contributed by atoms with Crippen molar-refractivity contribution < 1.29 is 24.5 Å². The van der Waals surface area contributed by atoms with E-state index < -0.39 is 12.1 Å². The highest BCUT2D eigenvalue weighted by atomic mass is 16.5. The van der Waals surface area contributed by atoms with Crippen molar-refractivity contribution in [3.05, 3.63) is 36.5 Å². The first-order chi connectivity index (χ1) is 34.0. The first-order valence-corrected chi connectivity index (χ1v) is 30.8. The topological polar surface area (TPSA) is 95.9 Å². The molecule has 0 saturated heterocycles. The molecule has 2 unspecified atom stereocenters. The van der Waals surface area contributed by atoms with Crippen molar-refractivity contribution in [2.75, 3.05) is 13.2 Å². The van der Waals surface area contributed by atoms with Gasteiger partial charge in [-0.1, -0.05) is 269 Å². The number of allylic oxidation sites excluding steroid dienone is 5. The second-order valence-corrected chi connectivity index (χ2v) is 21.0. The Morgan fingerprint density at radius 1 is 0.391 bits per heavy atom. The van der Waals surface area contributed by atoms with Gasteiger partial charge in [0.15, 0.2) is 0 Å². The number of hydrogen-bond donors (Lipinski definition) is 3. The smallest absolute Gasteiger partial charge is 0.305 e. The number of amides is 1. The molecule has 69 heavy (non-hydrogen) atoms. The van der Waals surface area contributed by atoms with Gasteiger partial charge in [-0.25, -0.2) is 0 Å². The molecular weight excluding hydrogens is 851 g/mol. The fourth-order valence-corrected chi connectivity index (χ4v) is 9.39. The van der Waals surface area contributed by atoms with Crippen molar-refractivity contribution in [1.82, 2.24) is 5.32 Å². The Hall–Kier alpha value is -1.92.